The number of nitrogens with zero attached hydrogens (tertiary/aromatic N) is 2. The van der Waals surface area contributed by atoms with Crippen LogP contribution in [0.15, 0.2) is 47.4 Å². The Morgan fingerprint density at radius 2 is 1.61 bits per heavy atom. The van der Waals surface area contributed by atoms with Crippen LogP contribution in [-0.2, 0) is 19.6 Å². The molecule has 0 saturated carbocycles. The van der Waals surface area contributed by atoms with Crippen LogP contribution in [0, 0.1) is 6.92 Å². The zero-order valence-corrected chi connectivity index (χ0v) is 20.6. The zero-order valence-electron chi connectivity index (χ0n) is 18.9. The monoisotopic (exact) mass is 488 g/mol. The predicted octanol–water partition coefficient (Wildman–Crippen LogP) is 3.88. The van der Waals surface area contributed by atoms with Crippen molar-refractivity contribution in [3.8, 4) is 0 Å². The minimum Gasteiger partial charge on any atom is -0.332 e. The van der Waals surface area contributed by atoms with Gasteiger partial charge in [0, 0.05) is 37.3 Å². The lowest BCUT2D eigenvalue weighted by Crippen LogP contribution is -2.40. The van der Waals surface area contributed by atoms with Crippen LogP contribution >= 0.6 is 12.2 Å². The third-order valence-corrected chi connectivity index (χ3v) is 7.71. The summed E-state index contributed by atoms with van der Waals surface area (Å²) in [5, 5.41) is 6.39. The van der Waals surface area contributed by atoms with Gasteiger partial charge in [-0.1, -0.05) is 19.9 Å². The van der Waals surface area contributed by atoms with E-state index in [2.05, 4.69) is 10.6 Å². The normalized spacial score (nSPS) is 14.5. The standard InChI is InChI=1S/C23H28N4O4S2/c1-4-26(5-2)33(30,31)19-14-9-16(3)20(15-19)25-23(32)24-17-10-12-18(13-11-17)27-21(28)7-6-8-22(27)29/h9-15H,4-8H2,1-3H3,(H2,24,25,32). The molecular formula is C23H28N4O4S2. The van der Waals surface area contributed by atoms with Crippen molar-refractivity contribution in [2.24, 2.45) is 0 Å². The number of nitrogens with one attached hydrogen (secondary N) is 2. The molecule has 2 amide bonds. The summed E-state index contributed by atoms with van der Waals surface area (Å²) >= 11 is 5.41. The molecule has 0 unspecified atom stereocenters. The first-order valence-corrected chi connectivity index (χ1v) is 12.7. The van der Waals surface area contributed by atoms with Crippen molar-refractivity contribution in [1.29, 1.82) is 0 Å². The number of imide groups is 1. The van der Waals surface area contributed by atoms with E-state index in [-0.39, 0.29) is 21.8 Å². The van der Waals surface area contributed by atoms with Crippen LogP contribution in [0.1, 0.15) is 38.7 Å². The zero-order chi connectivity index (χ0) is 24.2. The Morgan fingerprint density at radius 1 is 1.00 bits per heavy atom. The van der Waals surface area contributed by atoms with Crippen molar-refractivity contribution in [2.45, 2.75) is 44.9 Å². The van der Waals surface area contributed by atoms with Crippen LogP contribution in [0.5, 0.6) is 0 Å². The lowest BCUT2D eigenvalue weighted by atomic mass is 10.1. The molecule has 0 spiro atoms. The second-order valence-electron chi connectivity index (χ2n) is 7.67. The second-order valence-corrected chi connectivity index (χ2v) is 10.0. The van der Waals surface area contributed by atoms with Gasteiger partial charge >= 0.3 is 0 Å². The molecule has 3 rings (SSSR count). The fourth-order valence-electron chi connectivity index (χ4n) is 3.63. The molecule has 2 N–H and O–H groups in total. The Labute approximate surface area is 200 Å². The number of carbonyl (C=O) groups excluding carboxylic acids is 2. The smallest absolute Gasteiger partial charge is 0.243 e. The van der Waals surface area contributed by atoms with Crippen LogP contribution < -0.4 is 15.5 Å². The predicted molar refractivity (Wildman–Crippen MR) is 134 cm³/mol. The number of carbonyl (C=O) groups is 2. The number of benzene rings is 2. The van der Waals surface area contributed by atoms with Crippen LogP contribution in [0.25, 0.3) is 0 Å². The summed E-state index contributed by atoms with van der Waals surface area (Å²) < 4.78 is 27.1. The average molecular weight is 489 g/mol. The Balaban J connectivity index is 1.72. The molecule has 33 heavy (non-hydrogen) atoms. The highest BCUT2D eigenvalue weighted by atomic mass is 32.2. The number of anilines is 3. The second kappa shape index (κ2) is 10.4. The van der Waals surface area contributed by atoms with Crippen LogP contribution in [0.4, 0.5) is 17.1 Å². The van der Waals surface area contributed by atoms with Crippen LogP contribution in [0.3, 0.4) is 0 Å². The molecule has 2 aromatic rings. The Kier molecular flexibility index (Phi) is 7.83. The topological polar surface area (TPSA) is 98.8 Å². The molecule has 2 aromatic carbocycles. The highest BCUT2D eigenvalue weighted by Crippen LogP contribution is 2.25. The summed E-state index contributed by atoms with van der Waals surface area (Å²) in [6.45, 7) is 6.24. The third-order valence-electron chi connectivity index (χ3n) is 5.46. The van der Waals surface area contributed by atoms with E-state index in [9.17, 15) is 18.0 Å². The van der Waals surface area contributed by atoms with Crippen LogP contribution in [0.2, 0.25) is 0 Å². The van der Waals surface area contributed by atoms with Crippen molar-refractivity contribution in [1.82, 2.24) is 4.31 Å². The largest absolute Gasteiger partial charge is 0.332 e. The summed E-state index contributed by atoms with van der Waals surface area (Å²) in [6, 6.07) is 11.7. The fourth-order valence-corrected chi connectivity index (χ4v) is 5.34. The Hall–Kier alpha value is -2.82. The van der Waals surface area contributed by atoms with Crippen molar-refractivity contribution in [3.05, 3.63) is 48.0 Å². The van der Waals surface area contributed by atoms with E-state index in [1.165, 1.54) is 9.21 Å². The maximum absolute atomic E-state index is 12.8. The molecule has 1 fully saturated rings. The number of amides is 2. The number of hydrogen-bond acceptors (Lipinski definition) is 5. The molecule has 1 aliphatic heterocycles. The number of sulfonamides is 1. The van der Waals surface area contributed by atoms with Gasteiger partial charge in [0.15, 0.2) is 5.11 Å². The lowest BCUT2D eigenvalue weighted by molar-refractivity contribution is -0.129. The molecule has 1 saturated heterocycles. The first-order valence-electron chi connectivity index (χ1n) is 10.8. The summed E-state index contributed by atoms with van der Waals surface area (Å²) in [5.74, 6) is -0.390. The molecule has 1 heterocycles. The first kappa shape index (κ1) is 24.8. The van der Waals surface area contributed by atoms with Gasteiger partial charge in [-0.15, -0.1) is 0 Å². The number of aryl methyl sites for hydroxylation is 1. The quantitative estimate of drug-likeness (QED) is 0.451. The molecule has 0 aliphatic carbocycles. The number of hydrogen-bond donors (Lipinski definition) is 2. The minimum atomic E-state index is -3.59. The molecule has 0 radical (unpaired) electrons. The number of rotatable bonds is 7. The van der Waals surface area contributed by atoms with Gasteiger partial charge in [0.2, 0.25) is 21.8 Å². The first-order chi connectivity index (χ1) is 15.7. The SMILES string of the molecule is CCN(CC)S(=O)(=O)c1ccc(C)c(NC(=S)Nc2ccc(N3C(=O)CCCC3=O)cc2)c1. The molecule has 176 valence electrons. The van der Waals surface area contributed by atoms with E-state index in [1.807, 2.05) is 6.92 Å². The van der Waals surface area contributed by atoms with Gasteiger partial charge in [0.05, 0.1) is 10.6 Å². The highest BCUT2D eigenvalue weighted by Gasteiger charge is 2.27. The van der Waals surface area contributed by atoms with E-state index in [4.69, 9.17) is 12.2 Å². The van der Waals surface area contributed by atoms with Gasteiger partial charge in [0.1, 0.15) is 0 Å². The lowest BCUT2D eigenvalue weighted by Gasteiger charge is -2.25. The third kappa shape index (κ3) is 5.58. The summed E-state index contributed by atoms with van der Waals surface area (Å²) in [7, 11) is -3.59. The minimum absolute atomic E-state index is 0.195. The summed E-state index contributed by atoms with van der Waals surface area (Å²) in [5.41, 5.74) is 2.62. The van der Waals surface area contributed by atoms with E-state index >= 15 is 0 Å². The molecule has 1 aliphatic rings. The maximum atomic E-state index is 12.8. The molecule has 8 nitrogen and oxygen atoms in total. The molecule has 0 atom stereocenters. The van der Waals surface area contributed by atoms with Crippen molar-refractivity contribution in [3.63, 3.8) is 0 Å². The molecule has 0 aromatic heterocycles. The Morgan fingerprint density at radius 3 is 2.18 bits per heavy atom. The maximum Gasteiger partial charge on any atom is 0.243 e. The van der Waals surface area contributed by atoms with Crippen LogP contribution in [-0.4, -0.2) is 42.7 Å². The van der Waals surface area contributed by atoms with Crippen molar-refractivity contribution < 1.29 is 18.0 Å². The molecule has 10 heteroatoms. The molecule has 0 bridgehead atoms. The van der Waals surface area contributed by atoms with E-state index in [0.29, 0.717) is 49.4 Å². The van der Waals surface area contributed by atoms with Gasteiger partial charge < -0.3 is 10.6 Å². The average Bonchev–Trinajstić information content (AvgIpc) is 2.77. The van der Waals surface area contributed by atoms with Gasteiger partial charge in [-0.2, -0.15) is 4.31 Å². The van der Waals surface area contributed by atoms with Gasteiger partial charge in [-0.05, 0) is 67.5 Å². The summed E-state index contributed by atoms with van der Waals surface area (Å²) in [6.07, 6.45) is 1.31. The fraction of sp³-hybridized carbons (Fsp3) is 0.348. The van der Waals surface area contributed by atoms with E-state index in [1.54, 1.807) is 56.3 Å². The van der Waals surface area contributed by atoms with Gasteiger partial charge in [0.25, 0.3) is 0 Å². The van der Waals surface area contributed by atoms with E-state index in [0.717, 1.165) is 5.56 Å². The van der Waals surface area contributed by atoms with Crippen molar-refractivity contribution in [2.75, 3.05) is 28.6 Å². The summed E-state index contributed by atoms with van der Waals surface area (Å²) in [4.78, 5) is 25.6. The molecular weight excluding hydrogens is 460 g/mol. The number of thiocarbonyl (C=S) groups is 1. The van der Waals surface area contributed by atoms with E-state index < -0.39 is 10.0 Å². The number of piperidine rings is 1. The van der Waals surface area contributed by atoms with Gasteiger partial charge in [-0.3, -0.25) is 14.5 Å². The van der Waals surface area contributed by atoms with Gasteiger partial charge in [-0.25, -0.2) is 8.42 Å². The Bertz CT molecular complexity index is 1140. The van der Waals surface area contributed by atoms with Crippen molar-refractivity contribution >= 4 is 56.2 Å². The highest BCUT2D eigenvalue weighted by molar-refractivity contribution is 7.89.